The van der Waals surface area contributed by atoms with Crippen molar-refractivity contribution in [1.82, 2.24) is 0 Å². The fraction of sp³-hybridized carbons (Fsp3) is 0.700. The van der Waals surface area contributed by atoms with Crippen molar-refractivity contribution in [3.05, 3.63) is 36.0 Å². The highest BCUT2D eigenvalue weighted by molar-refractivity contribution is 5.27. The van der Waals surface area contributed by atoms with E-state index in [1.54, 1.807) is 0 Å². The van der Waals surface area contributed by atoms with Gasteiger partial charge in [-0.25, -0.2) is 0 Å². The minimum atomic E-state index is -0.329. The number of fused-ring (bicyclic) bond motifs is 2. The van der Waals surface area contributed by atoms with Crippen LogP contribution in [0.1, 0.15) is 53.4 Å². The van der Waals surface area contributed by atoms with Gasteiger partial charge in [-0.2, -0.15) is 0 Å². The molecule has 3 rings (SSSR count). The molecule has 2 saturated carbocycles. The molecule has 22 heavy (non-hydrogen) atoms. The first-order valence-corrected chi connectivity index (χ1v) is 8.64. The van der Waals surface area contributed by atoms with Crippen LogP contribution < -0.4 is 0 Å². The van der Waals surface area contributed by atoms with Gasteiger partial charge in [-0.05, 0) is 63.7 Å². The van der Waals surface area contributed by atoms with E-state index in [1.807, 2.05) is 0 Å². The monoisotopic (exact) mass is 302 g/mol. The summed E-state index contributed by atoms with van der Waals surface area (Å²) in [6.07, 6.45) is 10.6. The second-order valence-electron chi connectivity index (χ2n) is 8.27. The highest BCUT2D eigenvalue weighted by atomic mass is 16.6. The van der Waals surface area contributed by atoms with Gasteiger partial charge in [-0.15, -0.1) is 0 Å². The molecule has 0 spiro atoms. The van der Waals surface area contributed by atoms with Gasteiger partial charge in [0.1, 0.15) is 6.10 Å². The third kappa shape index (κ3) is 2.51. The molecule has 1 heterocycles. The highest BCUT2D eigenvalue weighted by Gasteiger charge is 2.65. The van der Waals surface area contributed by atoms with Gasteiger partial charge >= 0.3 is 0 Å². The van der Waals surface area contributed by atoms with Crippen LogP contribution in [0.4, 0.5) is 0 Å². The van der Waals surface area contributed by atoms with Crippen LogP contribution in [0.5, 0.6) is 0 Å². The minimum Gasteiger partial charge on any atom is -0.390 e. The SMILES string of the molecule is C=C(/C=C/C=C(C)C)[C@H]1CC[C@]2(C)[C@@H]1CC[C@]1(C)O[C@@H]1[C@@H]2O. The molecule has 0 aromatic carbocycles. The van der Waals surface area contributed by atoms with Crippen LogP contribution in [-0.2, 0) is 4.74 Å². The number of hydrogen-bond acceptors (Lipinski definition) is 2. The Labute approximate surface area is 134 Å². The molecule has 3 aliphatic rings. The van der Waals surface area contributed by atoms with Crippen LogP contribution in [0.3, 0.4) is 0 Å². The van der Waals surface area contributed by atoms with Gasteiger partial charge in [0.25, 0.3) is 0 Å². The predicted octanol–water partition coefficient (Wildman–Crippen LogP) is 4.41. The summed E-state index contributed by atoms with van der Waals surface area (Å²) < 4.78 is 5.82. The van der Waals surface area contributed by atoms with Crippen LogP contribution in [-0.4, -0.2) is 22.9 Å². The number of rotatable bonds is 3. The average molecular weight is 302 g/mol. The summed E-state index contributed by atoms with van der Waals surface area (Å²) >= 11 is 0. The topological polar surface area (TPSA) is 32.8 Å². The summed E-state index contributed by atoms with van der Waals surface area (Å²) in [5.74, 6) is 1.03. The lowest BCUT2D eigenvalue weighted by atomic mass is 9.70. The zero-order chi connectivity index (χ0) is 16.1. The molecule has 6 atom stereocenters. The number of hydrogen-bond donors (Lipinski definition) is 1. The molecule has 0 radical (unpaired) electrons. The molecule has 1 aliphatic heterocycles. The third-order valence-electron chi connectivity index (χ3n) is 6.40. The van der Waals surface area contributed by atoms with Crippen molar-refractivity contribution in [2.75, 3.05) is 0 Å². The van der Waals surface area contributed by atoms with E-state index in [2.05, 4.69) is 52.5 Å². The molecule has 0 aromatic rings. The first-order chi connectivity index (χ1) is 10.3. The quantitative estimate of drug-likeness (QED) is 0.619. The first-order valence-electron chi connectivity index (χ1n) is 8.64. The second-order valence-corrected chi connectivity index (χ2v) is 8.27. The molecule has 0 bridgehead atoms. The normalized spacial score (nSPS) is 46.8. The molecule has 3 fully saturated rings. The third-order valence-corrected chi connectivity index (χ3v) is 6.40. The summed E-state index contributed by atoms with van der Waals surface area (Å²) in [7, 11) is 0. The number of epoxide rings is 1. The van der Waals surface area contributed by atoms with Crippen molar-refractivity contribution in [3.63, 3.8) is 0 Å². The lowest BCUT2D eigenvalue weighted by Gasteiger charge is -2.37. The smallest absolute Gasteiger partial charge is 0.113 e. The van der Waals surface area contributed by atoms with E-state index in [0.29, 0.717) is 11.8 Å². The predicted molar refractivity (Wildman–Crippen MR) is 90.6 cm³/mol. The van der Waals surface area contributed by atoms with Crippen molar-refractivity contribution in [2.24, 2.45) is 17.3 Å². The zero-order valence-electron chi connectivity index (χ0n) is 14.4. The van der Waals surface area contributed by atoms with E-state index < -0.39 is 0 Å². The lowest BCUT2D eigenvalue weighted by molar-refractivity contribution is -0.0163. The molecular formula is C20H30O2. The molecule has 0 aromatic heterocycles. The van der Waals surface area contributed by atoms with Gasteiger partial charge in [0.05, 0.1) is 11.7 Å². The van der Waals surface area contributed by atoms with E-state index in [0.717, 1.165) is 25.7 Å². The average Bonchev–Trinajstić information content (AvgIpc) is 3.00. The van der Waals surface area contributed by atoms with Gasteiger partial charge in [0.2, 0.25) is 0 Å². The molecule has 2 aliphatic carbocycles. The van der Waals surface area contributed by atoms with Gasteiger partial charge in [-0.1, -0.05) is 42.9 Å². The Balaban J connectivity index is 1.78. The molecule has 0 unspecified atom stereocenters. The number of aliphatic hydroxyl groups excluding tert-OH is 1. The Bertz CT molecular complexity index is 528. The van der Waals surface area contributed by atoms with Crippen molar-refractivity contribution >= 4 is 0 Å². The van der Waals surface area contributed by atoms with Crippen molar-refractivity contribution in [3.8, 4) is 0 Å². The molecule has 122 valence electrons. The van der Waals surface area contributed by atoms with Crippen LogP contribution in [0.25, 0.3) is 0 Å². The largest absolute Gasteiger partial charge is 0.390 e. The van der Waals surface area contributed by atoms with Crippen molar-refractivity contribution in [1.29, 1.82) is 0 Å². The first kappa shape index (κ1) is 16.0. The Morgan fingerprint density at radius 3 is 2.64 bits per heavy atom. The maximum atomic E-state index is 10.9. The molecule has 1 saturated heterocycles. The fourth-order valence-electron chi connectivity index (χ4n) is 4.79. The zero-order valence-corrected chi connectivity index (χ0v) is 14.4. The van der Waals surface area contributed by atoms with Gasteiger partial charge < -0.3 is 9.84 Å². The molecule has 1 N–H and O–H groups in total. The van der Waals surface area contributed by atoms with Crippen molar-refractivity contribution < 1.29 is 9.84 Å². The Morgan fingerprint density at radius 2 is 1.95 bits per heavy atom. The Morgan fingerprint density at radius 1 is 1.23 bits per heavy atom. The standard InChI is InChI=1S/C20H30O2/c1-13(2)7-6-8-14(3)15-9-11-19(4)16(15)10-12-20(5)18(22-20)17(19)21/h6-8,15-18,21H,3,9-12H2,1-2,4-5H3/b8-6+/t15-,16-,17+,18-,19-,20+/m1/s1. The summed E-state index contributed by atoms with van der Waals surface area (Å²) in [4.78, 5) is 0. The summed E-state index contributed by atoms with van der Waals surface area (Å²) in [5.41, 5.74) is 2.43. The van der Waals surface area contributed by atoms with Crippen LogP contribution in [0, 0.1) is 17.3 Å². The summed E-state index contributed by atoms with van der Waals surface area (Å²) in [6.45, 7) is 13.0. The van der Waals surface area contributed by atoms with E-state index >= 15 is 0 Å². The highest BCUT2D eigenvalue weighted by Crippen LogP contribution is 2.61. The van der Waals surface area contributed by atoms with E-state index in [-0.39, 0.29) is 23.2 Å². The second kappa shape index (κ2) is 5.35. The number of aliphatic hydroxyl groups is 1. The van der Waals surface area contributed by atoms with E-state index in [9.17, 15) is 5.11 Å². The van der Waals surface area contributed by atoms with Crippen LogP contribution in [0.2, 0.25) is 0 Å². The summed E-state index contributed by atoms with van der Waals surface area (Å²) in [5, 5.41) is 10.9. The Hall–Kier alpha value is -0.860. The molecule has 2 heteroatoms. The maximum Gasteiger partial charge on any atom is 0.113 e. The van der Waals surface area contributed by atoms with Gasteiger partial charge in [-0.3, -0.25) is 0 Å². The maximum absolute atomic E-state index is 10.9. The molecular weight excluding hydrogens is 272 g/mol. The van der Waals surface area contributed by atoms with Gasteiger partial charge in [0.15, 0.2) is 0 Å². The number of allylic oxidation sites excluding steroid dienone is 5. The fourth-order valence-corrected chi connectivity index (χ4v) is 4.79. The lowest BCUT2D eigenvalue weighted by Crippen LogP contribution is -2.40. The summed E-state index contributed by atoms with van der Waals surface area (Å²) in [6, 6.07) is 0. The Kier molecular flexibility index (Phi) is 3.89. The number of ether oxygens (including phenoxy) is 1. The van der Waals surface area contributed by atoms with Crippen molar-refractivity contribution in [2.45, 2.75) is 71.2 Å². The van der Waals surface area contributed by atoms with E-state index in [1.165, 1.54) is 11.1 Å². The molecule has 0 amide bonds. The van der Waals surface area contributed by atoms with E-state index in [4.69, 9.17) is 4.74 Å². The van der Waals surface area contributed by atoms with Gasteiger partial charge in [0, 0.05) is 0 Å². The molecule has 2 nitrogen and oxygen atoms in total. The minimum absolute atomic E-state index is 0.0170. The van der Waals surface area contributed by atoms with Crippen LogP contribution >= 0.6 is 0 Å². The van der Waals surface area contributed by atoms with Crippen LogP contribution in [0.15, 0.2) is 36.0 Å².